The molecule has 2 N–H and O–H groups in total. The topological polar surface area (TPSA) is 76.4 Å². The van der Waals surface area contributed by atoms with Crippen molar-refractivity contribution >= 4 is 11.7 Å². The molecule has 1 fully saturated rings. The summed E-state index contributed by atoms with van der Waals surface area (Å²) in [4.78, 5) is 17.0. The standard InChI is InChI=1S/C15H17N3O3/c1-10-13(14(21-17-10)12-7-8-12)16-15(19)18-20-9-11-5-3-2-4-6-11/h2-6,12H,7-9H2,1H3,(H2,16,18,19). The molecule has 6 nitrogen and oxygen atoms in total. The molecular weight excluding hydrogens is 270 g/mol. The van der Waals surface area contributed by atoms with Crippen LogP contribution in [0.2, 0.25) is 0 Å². The number of aromatic nitrogens is 1. The Labute approximate surface area is 122 Å². The van der Waals surface area contributed by atoms with Gasteiger partial charge in [0.05, 0.1) is 6.61 Å². The Hall–Kier alpha value is -2.34. The molecule has 1 aromatic heterocycles. The minimum absolute atomic E-state index is 0.312. The number of anilines is 1. The summed E-state index contributed by atoms with van der Waals surface area (Å²) < 4.78 is 5.26. The molecule has 3 rings (SSSR count). The lowest BCUT2D eigenvalue weighted by atomic mass is 10.2. The second-order valence-electron chi connectivity index (χ2n) is 5.11. The molecule has 110 valence electrons. The van der Waals surface area contributed by atoms with E-state index in [-0.39, 0.29) is 0 Å². The van der Waals surface area contributed by atoms with Crippen molar-refractivity contribution in [3.63, 3.8) is 0 Å². The Balaban J connectivity index is 1.51. The zero-order valence-corrected chi connectivity index (χ0v) is 11.8. The number of hydroxylamine groups is 1. The number of urea groups is 1. The first-order valence-corrected chi connectivity index (χ1v) is 6.93. The molecule has 1 aromatic carbocycles. The van der Waals surface area contributed by atoms with Gasteiger partial charge >= 0.3 is 6.03 Å². The molecule has 2 aromatic rings. The predicted octanol–water partition coefficient (Wildman–Crippen LogP) is 3.11. The maximum absolute atomic E-state index is 11.8. The van der Waals surface area contributed by atoms with Crippen LogP contribution in [-0.2, 0) is 11.4 Å². The zero-order valence-electron chi connectivity index (χ0n) is 11.8. The summed E-state index contributed by atoms with van der Waals surface area (Å²) in [6, 6.07) is 9.18. The van der Waals surface area contributed by atoms with Crippen LogP contribution in [0.4, 0.5) is 10.5 Å². The van der Waals surface area contributed by atoms with Crippen molar-refractivity contribution in [1.82, 2.24) is 10.6 Å². The summed E-state index contributed by atoms with van der Waals surface area (Å²) in [6.07, 6.45) is 2.16. The van der Waals surface area contributed by atoms with E-state index in [9.17, 15) is 4.79 Å². The number of benzene rings is 1. The number of hydrogen-bond donors (Lipinski definition) is 2. The van der Waals surface area contributed by atoms with E-state index in [4.69, 9.17) is 9.36 Å². The van der Waals surface area contributed by atoms with Crippen molar-refractivity contribution in [2.24, 2.45) is 0 Å². The third kappa shape index (κ3) is 3.41. The summed E-state index contributed by atoms with van der Waals surface area (Å²) in [5, 5.41) is 6.64. The quantitative estimate of drug-likeness (QED) is 0.828. The van der Waals surface area contributed by atoms with E-state index >= 15 is 0 Å². The average Bonchev–Trinajstić information content (AvgIpc) is 3.27. The van der Waals surface area contributed by atoms with Crippen molar-refractivity contribution < 1.29 is 14.2 Å². The summed E-state index contributed by atoms with van der Waals surface area (Å²) in [6.45, 7) is 2.11. The maximum atomic E-state index is 11.8. The van der Waals surface area contributed by atoms with Crippen LogP contribution in [0.25, 0.3) is 0 Å². The van der Waals surface area contributed by atoms with Gasteiger partial charge in [0.2, 0.25) is 0 Å². The molecule has 0 atom stereocenters. The smallest absolute Gasteiger partial charge is 0.343 e. The number of amides is 2. The van der Waals surface area contributed by atoms with Crippen molar-refractivity contribution in [3.05, 3.63) is 47.3 Å². The lowest BCUT2D eigenvalue weighted by Gasteiger charge is -2.08. The van der Waals surface area contributed by atoms with Gasteiger partial charge in [0.1, 0.15) is 11.4 Å². The molecule has 2 amide bonds. The summed E-state index contributed by atoms with van der Waals surface area (Å²) >= 11 is 0. The van der Waals surface area contributed by atoms with Crippen LogP contribution in [0.3, 0.4) is 0 Å². The van der Waals surface area contributed by atoms with Gasteiger partial charge in [0.25, 0.3) is 0 Å². The van der Waals surface area contributed by atoms with Gasteiger partial charge in [-0.05, 0) is 25.3 Å². The number of hydrogen-bond acceptors (Lipinski definition) is 4. The highest BCUT2D eigenvalue weighted by molar-refractivity contribution is 5.89. The number of carbonyl (C=O) groups excluding carboxylic acids is 1. The Kier molecular flexibility index (Phi) is 3.87. The van der Waals surface area contributed by atoms with Gasteiger partial charge in [-0.2, -0.15) is 0 Å². The summed E-state index contributed by atoms with van der Waals surface area (Å²) in [5.41, 5.74) is 4.67. The van der Waals surface area contributed by atoms with Gasteiger partial charge in [-0.15, -0.1) is 0 Å². The van der Waals surface area contributed by atoms with Gasteiger partial charge < -0.3 is 9.84 Å². The predicted molar refractivity (Wildman–Crippen MR) is 76.6 cm³/mol. The highest BCUT2D eigenvalue weighted by atomic mass is 16.7. The van der Waals surface area contributed by atoms with Gasteiger partial charge in [-0.3, -0.25) is 4.84 Å². The molecule has 0 aliphatic heterocycles. The minimum atomic E-state index is -0.431. The normalized spacial score (nSPS) is 14.0. The van der Waals surface area contributed by atoms with Gasteiger partial charge in [0, 0.05) is 5.92 Å². The monoisotopic (exact) mass is 287 g/mol. The highest BCUT2D eigenvalue weighted by Gasteiger charge is 2.32. The molecule has 1 aliphatic carbocycles. The maximum Gasteiger partial charge on any atom is 0.343 e. The van der Waals surface area contributed by atoms with E-state index in [1.165, 1.54) is 0 Å². The van der Waals surface area contributed by atoms with Crippen LogP contribution in [0.5, 0.6) is 0 Å². The van der Waals surface area contributed by atoms with Crippen LogP contribution >= 0.6 is 0 Å². The van der Waals surface area contributed by atoms with Crippen LogP contribution in [0.15, 0.2) is 34.9 Å². The molecule has 0 saturated heterocycles. The van der Waals surface area contributed by atoms with Gasteiger partial charge in [-0.1, -0.05) is 35.5 Å². The van der Waals surface area contributed by atoms with Crippen LogP contribution in [0, 0.1) is 6.92 Å². The summed E-state index contributed by atoms with van der Waals surface area (Å²) in [7, 11) is 0. The van der Waals surface area contributed by atoms with Crippen LogP contribution < -0.4 is 10.8 Å². The third-order valence-electron chi connectivity index (χ3n) is 3.32. The Morgan fingerprint density at radius 3 is 2.86 bits per heavy atom. The molecule has 6 heteroatoms. The van der Waals surface area contributed by atoms with E-state index in [0.717, 1.165) is 24.2 Å². The lowest BCUT2D eigenvalue weighted by molar-refractivity contribution is 0.0535. The zero-order chi connectivity index (χ0) is 14.7. The van der Waals surface area contributed by atoms with E-state index in [0.29, 0.717) is 23.9 Å². The molecule has 0 unspecified atom stereocenters. The molecule has 0 bridgehead atoms. The average molecular weight is 287 g/mol. The Morgan fingerprint density at radius 1 is 1.38 bits per heavy atom. The van der Waals surface area contributed by atoms with Crippen molar-refractivity contribution in [3.8, 4) is 0 Å². The second kappa shape index (κ2) is 5.97. The number of aryl methyl sites for hydroxylation is 1. The summed E-state index contributed by atoms with van der Waals surface area (Å²) in [5.74, 6) is 1.14. The van der Waals surface area contributed by atoms with E-state index in [2.05, 4.69) is 16.0 Å². The van der Waals surface area contributed by atoms with E-state index in [1.807, 2.05) is 30.3 Å². The van der Waals surface area contributed by atoms with Crippen molar-refractivity contribution in [1.29, 1.82) is 0 Å². The molecule has 1 heterocycles. The Morgan fingerprint density at radius 2 is 2.14 bits per heavy atom. The molecule has 0 radical (unpaired) electrons. The fraction of sp³-hybridized carbons (Fsp3) is 0.333. The lowest BCUT2D eigenvalue weighted by Crippen LogP contribution is -2.29. The highest BCUT2D eigenvalue weighted by Crippen LogP contribution is 2.44. The molecule has 1 aliphatic rings. The van der Waals surface area contributed by atoms with E-state index in [1.54, 1.807) is 6.92 Å². The number of nitrogens with zero attached hydrogens (tertiary/aromatic N) is 1. The molecular formula is C15H17N3O3. The van der Waals surface area contributed by atoms with Gasteiger partial charge in [0.15, 0.2) is 5.76 Å². The first-order valence-electron chi connectivity index (χ1n) is 6.93. The first kappa shape index (κ1) is 13.6. The number of rotatable bonds is 5. The third-order valence-corrected chi connectivity index (χ3v) is 3.32. The Bertz CT molecular complexity index is 620. The van der Waals surface area contributed by atoms with Crippen LogP contribution in [-0.4, -0.2) is 11.2 Å². The minimum Gasteiger partial charge on any atom is -0.359 e. The fourth-order valence-corrected chi connectivity index (χ4v) is 2.06. The molecule has 21 heavy (non-hydrogen) atoms. The number of nitrogens with one attached hydrogen (secondary N) is 2. The van der Waals surface area contributed by atoms with Crippen LogP contribution in [0.1, 0.15) is 35.8 Å². The van der Waals surface area contributed by atoms with Crippen molar-refractivity contribution in [2.45, 2.75) is 32.3 Å². The largest absolute Gasteiger partial charge is 0.359 e. The molecule has 0 spiro atoms. The van der Waals surface area contributed by atoms with E-state index < -0.39 is 6.03 Å². The number of carbonyl (C=O) groups is 1. The van der Waals surface area contributed by atoms with Gasteiger partial charge in [-0.25, -0.2) is 10.3 Å². The molecule has 1 saturated carbocycles. The first-order chi connectivity index (χ1) is 10.2. The van der Waals surface area contributed by atoms with Crippen molar-refractivity contribution in [2.75, 3.05) is 5.32 Å². The second-order valence-corrected chi connectivity index (χ2v) is 5.11. The fourth-order valence-electron chi connectivity index (χ4n) is 2.06. The SMILES string of the molecule is Cc1noc(C2CC2)c1NC(=O)NOCc1ccccc1.